The van der Waals surface area contributed by atoms with Crippen molar-refractivity contribution in [2.24, 2.45) is 0 Å². The van der Waals surface area contributed by atoms with Gasteiger partial charge in [-0.1, -0.05) is 51.8 Å². The molecule has 0 aliphatic carbocycles. The molecular formula is C15H15BrO3S. The number of sulfone groups is 1. The molecule has 106 valence electrons. The van der Waals surface area contributed by atoms with E-state index in [1.54, 1.807) is 42.5 Å². The number of aliphatic hydroxyl groups is 1. The Hall–Kier alpha value is -1.17. The first-order chi connectivity index (χ1) is 9.40. The van der Waals surface area contributed by atoms with Gasteiger partial charge in [0, 0.05) is 4.47 Å². The number of rotatable bonds is 4. The summed E-state index contributed by atoms with van der Waals surface area (Å²) in [5.41, 5.74) is 1.57. The van der Waals surface area contributed by atoms with Crippen molar-refractivity contribution in [3.63, 3.8) is 0 Å². The van der Waals surface area contributed by atoms with Gasteiger partial charge in [0.1, 0.15) is 0 Å². The van der Waals surface area contributed by atoms with Crippen LogP contribution in [-0.4, -0.2) is 19.3 Å². The molecule has 0 aliphatic rings. The number of aryl methyl sites for hydroxylation is 1. The van der Waals surface area contributed by atoms with Crippen LogP contribution in [0.1, 0.15) is 17.2 Å². The average molecular weight is 355 g/mol. The van der Waals surface area contributed by atoms with E-state index in [4.69, 9.17) is 0 Å². The molecule has 0 amide bonds. The lowest BCUT2D eigenvalue weighted by molar-refractivity contribution is 0.201. The third-order valence-corrected chi connectivity index (χ3v) is 5.49. The van der Waals surface area contributed by atoms with Crippen LogP contribution in [0.2, 0.25) is 0 Å². The molecular weight excluding hydrogens is 340 g/mol. The lowest BCUT2D eigenvalue weighted by Gasteiger charge is -2.13. The molecule has 0 saturated carbocycles. The monoisotopic (exact) mass is 354 g/mol. The van der Waals surface area contributed by atoms with Crippen LogP contribution in [-0.2, 0) is 9.84 Å². The molecule has 2 rings (SSSR count). The summed E-state index contributed by atoms with van der Waals surface area (Å²) in [5.74, 6) is -0.335. The van der Waals surface area contributed by atoms with E-state index < -0.39 is 15.9 Å². The van der Waals surface area contributed by atoms with Gasteiger partial charge in [0.25, 0.3) is 0 Å². The van der Waals surface area contributed by atoms with Crippen LogP contribution in [0.5, 0.6) is 0 Å². The van der Waals surface area contributed by atoms with Gasteiger partial charge >= 0.3 is 0 Å². The topological polar surface area (TPSA) is 54.4 Å². The zero-order chi connectivity index (χ0) is 14.8. The Kier molecular flexibility index (Phi) is 4.62. The number of hydrogen-bond acceptors (Lipinski definition) is 3. The predicted molar refractivity (Wildman–Crippen MR) is 82.3 cm³/mol. The van der Waals surface area contributed by atoms with E-state index in [0.29, 0.717) is 10.0 Å². The Morgan fingerprint density at radius 1 is 1.10 bits per heavy atom. The Morgan fingerprint density at radius 3 is 2.30 bits per heavy atom. The van der Waals surface area contributed by atoms with Gasteiger partial charge in [0.15, 0.2) is 9.84 Å². The van der Waals surface area contributed by atoms with E-state index in [-0.39, 0.29) is 10.6 Å². The molecule has 20 heavy (non-hydrogen) atoms. The quantitative estimate of drug-likeness (QED) is 0.916. The fraction of sp³-hybridized carbons (Fsp3) is 0.200. The van der Waals surface area contributed by atoms with Crippen molar-refractivity contribution in [1.29, 1.82) is 0 Å². The van der Waals surface area contributed by atoms with Gasteiger partial charge in [-0.2, -0.15) is 0 Å². The molecule has 0 radical (unpaired) electrons. The van der Waals surface area contributed by atoms with Crippen molar-refractivity contribution in [3.05, 3.63) is 64.1 Å². The van der Waals surface area contributed by atoms with Crippen molar-refractivity contribution in [2.75, 3.05) is 5.75 Å². The summed E-state index contributed by atoms with van der Waals surface area (Å²) < 4.78 is 25.2. The number of aliphatic hydroxyl groups excluding tert-OH is 1. The van der Waals surface area contributed by atoms with E-state index in [2.05, 4.69) is 15.9 Å². The minimum absolute atomic E-state index is 0.231. The number of hydrogen-bond donors (Lipinski definition) is 1. The van der Waals surface area contributed by atoms with E-state index in [9.17, 15) is 13.5 Å². The van der Waals surface area contributed by atoms with Gasteiger partial charge in [-0.3, -0.25) is 0 Å². The molecule has 2 aromatic rings. The van der Waals surface area contributed by atoms with Gasteiger partial charge in [-0.25, -0.2) is 8.42 Å². The Bertz CT molecular complexity index is 693. The summed E-state index contributed by atoms with van der Waals surface area (Å²) in [6.07, 6.45) is -1.06. The van der Waals surface area contributed by atoms with Crippen LogP contribution >= 0.6 is 15.9 Å². The molecule has 0 fully saturated rings. The molecule has 0 aliphatic heterocycles. The van der Waals surface area contributed by atoms with Crippen LogP contribution in [0.3, 0.4) is 0 Å². The van der Waals surface area contributed by atoms with Crippen LogP contribution in [0.4, 0.5) is 0 Å². The van der Waals surface area contributed by atoms with Crippen molar-refractivity contribution in [1.82, 2.24) is 0 Å². The van der Waals surface area contributed by atoms with E-state index in [1.807, 2.05) is 13.0 Å². The van der Waals surface area contributed by atoms with Crippen molar-refractivity contribution in [3.8, 4) is 0 Å². The summed E-state index contributed by atoms with van der Waals surface area (Å²) in [6, 6.07) is 13.7. The molecule has 0 aromatic heterocycles. The second kappa shape index (κ2) is 6.08. The summed E-state index contributed by atoms with van der Waals surface area (Å²) in [4.78, 5) is 0.231. The largest absolute Gasteiger partial charge is 0.387 e. The van der Waals surface area contributed by atoms with Crippen LogP contribution in [0.25, 0.3) is 0 Å². The van der Waals surface area contributed by atoms with Gasteiger partial charge in [-0.15, -0.1) is 0 Å². The van der Waals surface area contributed by atoms with E-state index in [1.165, 1.54) is 0 Å². The zero-order valence-electron chi connectivity index (χ0n) is 11.0. The molecule has 5 heteroatoms. The van der Waals surface area contributed by atoms with Crippen LogP contribution in [0.15, 0.2) is 57.9 Å². The molecule has 2 aromatic carbocycles. The number of halogens is 1. The standard InChI is InChI=1S/C15H15BrO3S/c1-11-6-8-12(9-7-11)20(18,19)10-15(17)13-4-2-3-5-14(13)16/h2-9,15,17H,10H2,1H3. The molecule has 0 spiro atoms. The molecule has 1 unspecified atom stereocenters. The smallest absolute Gasteiger partial charge is 0.181 e. The maximum absolute atomic E-state index is 12.3. The third kappa shape index (κ3) is 3.48. The lowest BCUT2D eigenvalue weighted by Crippen LogP contribution is -2.15. The van der Waals surface area contributed by atoms with E-state index in [0.717, 1.165) is 5.56 Å². The average Bonchev–Trinajstić information content (AvgIpc) is 2.39. The summed E-state index contributed by atoms with van der Waals surface area (Å²) in [5, 5.41) is 10.1. The Labute approximate surface area is 127 Å². The predicted octanol–water partition coefficient (Wildman–Crippen LogP) is 3.26. The second-order valence-corrected chi connectivity index (χ2v) is 7.52. The molecule has 0 saturated heterocycles. The summed E-state index contributed by atoms with van der Waals surface area (Å²) in [6.45, 7) is 1.90. The molecule has 0 bridgehead atoms. The van der Waals surface area contributed by atoms with Crippen molar-refractivity contribution < 1.29 is 13.5 Å². The van der Waals surface area contributed by atoms with Crippen molar-refractivity contribution in [2.45, 2.75) is 17.9 Å². The normalized spacial score (nSPS) is 13.2. The van der Waals surface area contributed by atoms with Gasteiger partial charge < -0.3 is 5.11 Å². The Balaban J connectivity index is 2.24. The maximum Gasteiger partial charge on any atom is 0.181 e. The summed E-state index contributed by atoms with van der Waals surface area (Å²) >= 11 is 3.32. The highest BCUT2D eigenvalue weighted by atomic mass is 79.9. The van der Waals surface area contributed by atoms with Crippen LogP contribution in [0, 0.1) is 6.92 Å². The highest BCUT2D eigenvalue weighted by molar-refractivity contribution is 9.10. The third-order valence-electron chi connectivity index (χ3n) is 3.02. The molecule has 3 nitrogen and oxygen atoms in total. The second-order valence-electron chi connectivity index (χ2n) is 4.63. The maximum atomic E-state index is 12.3. The fourth-order valence-electron chi connectivity index (χ4n) is 1.88. The zero-order valence-corrected chi connectivity index (χ0v) is 13.4. The highest BCUT2D eigenvalue weighted by Gasteiger charge is 2.22. The van der Waals surface area contributed by atoms with Crippen LogP contribution < -0.4 is 0 Å². The first-order valence-corrected chi connectivity index (χ1v) is 8.56. The lowest BCUT2D eigenvalue weighted by atomic mass is 10.1. The first-order valence-electron chi connectivity index (χ1n) is 6.12. The SMILES string of the molecule is Cc1ccc(S(=O)(=O)CC(O)c2ccccc2Br)cc1. The molecule has 1 atom stereocenters. The first kappa shape index (κ1) is 15.2. The van der Waals surface area contributed by atoms with E-state index >= 15 is 0 Å². The van der Waals surface area contributed by atoms with Crippen molar-refractivity contribution >= 4 is 25.8 Å². The summed E-state index contributed by atoms with van der Waals surface area (Å²) in [7, 11) is -3.51. The molecule has 1 N–H and O–H groups in total. The highest BCUT2D eigenvalue weighted by Crippen LogP contribution is 2.26. The Morgan fingerprint density at radius 2 is 1.70 bits per heavy atom. The fourth-order valence-corrected chi connectivity index (χ4v) is 3.77. The minimum atomic E-state index is -3.51. The van der Waals surface area contributed by atoms with Gasteiger partial charge in [0.05, 0.1) is 16.8 Å². The van der Waals surface area contributed by atoms with Gasteiger partial charge in [0.2, 0.25) is 0 Å². The number of benzene rings is 2. The van der Waals surface area contributed by atoms with Gasteiger partial charge in [-0.05, 0) is 30.7 Å². The molecule has 0 heterocycles. The minimum Gasteiger partial charge on any atom is -0.387 e.